The molecular weight excluding hydrogens is 422 g/mol. The van der Waals surface area contributed by atoms with Gasteiger partial charge in [-0.1, -0.05) is 41.7 Å². The SMILES string of the molecule is CC(=O)c1sc(NC(=O)c2ccc(NC(=O)c3ccco3)s2)nc1-c1ccccc1. The van der Waals surface area contributed by atoms with Gasteiger partial charge < -0.3 is 9.73 Å². The van der Waals surface area contributed by atoms with Crippen LogP contribution < -0.4 is 10.6 Å². The largest absolute Gasteiger partial charge is 0.459 e. The fourth-order valence-corrected chi connectivity index (χ4v) is 4.35. The van der Waals surface area contributed by atoms with Gasteiger partial charge in [-0.25, -0.2) is 4.98 Å². The zero-order valence-corrected chi connectivity index (χ0v) is 17.3. The van der Waals surface area contributed by atoms with Crippen molar-refractivity contribution in [2.24, 2.45) is 0 Å². The minimum absolute atomic E-state index is 0.120. The Labute approximate surface area is 179 Å². The zero-order valence-electron chi connectivity index (χ0n) is 15.7. The molecule has 0 aliphatic rings. The molecule has 0 fully saturated rings. The van der Waals surface area contributed by atoms with Crippen molar-refractivity contribution in [2.75, 3.05) is 10.6 Å². The molecule has 0 aliphatic carbocycles. The standard InChI is InChI=1S/C21H15N3O4S2/c1-12(25)18-17(13-6-3-2-4-7-13)23-21(30-18)24-20(27)15-9-10-16(29-15)22-19(26)14-8-5-11-28-14/h2-11H,1H3,(H,22,26)(H,23,24,27). The van der Waals surface area contributed by atoms with Gasteiger partial charge in [0.15, 0.2) is 16.7 Å². The number of aromatic nitrogens is 1. The highest BCUT2D eigenvalue weighted by Gasteiger charge is 2.19. The Bertz CT molecular complexity index is 1210. The van der Waals surface area contributed by atoms with E-state index in [9.17, 15) is 14.4 Å². The van der Waals surface area contributed by atoms with Crippen molar-refractivity contribution < 1.29 is 18.8 Å². The predicted octanol–water partition coefficient (Wildman–Crippen LogP) is 5.17. The van der Waals surface area contributed by atoms with Crippen molar-refractivity contribution in [3.8, 4) is 11.3 Å². The van der Waals surface area contributed by atoms with Gasteiger partial charge in [-0.05, 0) is 24.3 Å². The number of ketones is 1. The first-order valence-electron chi connectivity index (χ1n) is 8.84. The highest BCUT2D eigenvalue weighted by atomic mass is 32.1. The van der Waals surface area contributed by atoms with E-state index >= 15 is 0 Å². The topological polar surface area (TPSA) is 101 Å². The van der Waals surface area contributed by atoms with Gasteiger partial charge in [-0.3, -0.25) is 19.7 Å². The number of rotatable bonds is 6. The lowest BCUT2D eigenvalue weighted by Crippen LogP contribution is -2.10. The van der Waals surface area contributed by atoms with Crippen LogP contribution >= 0.6 is 22.7 Å². The molecule has 0 atom stereocenters. The van der Waals surface area contributed by atoms with E-state index in [0.717, 1.165) is 28.2 Å². The van der Waals surface area contributed by atoms with Crippen molar-refractivity contribution in [3.63, 3.8) is 0 Å². The maximum absolute atomic E-state index is 12.6. The first-order chi connectivity index (χ1) is 14.5. The summed E-state index contributed by atoms with van der Waals surface area (Å²) in [4.78, 5) is 42.0. The molecule has 0 saturated carbocycles. The van der Waals surface area contributed by atoms with Crippen LogP contribution in [-0.2, 0) is 0 Å². The van der Waals surface area contributed by atoms with Gasteiger partial charge in [-0.2, -0.15) is 0 Å². The number of anilines is 2. The highest BCUT2D eigenvalue weighted by molar-refractivity contribution is 7.19. The third-order valence-corrected chi connectivity index (χ3v) is 6.10. The number of nitrogens with zero attached hydrogens (tertiary/aromatic N) is 1. The molecule has 0 spiro atoms. The molecule has 0 saturated heterocycles. The van der Waals surface area contributed by atoms with Gasteiger partial charge in [0.2, 0.25) is 0 Å². The number of thiazole rings is 1. The molecule has 4 aromatic rings. The summed E-state index contributed by atoms with van der Waals surface area (Å²) in [6, 6.07) is 15.7. The van der Waals surface area contributed by atoms with Gasteiger partial charge in [0.05, 0.1) is 26.7 Å². The van der Waals surface area contributed by atoms with E-state index in [2.05, 4.69) is 15.6 Å². The minimum atomic E-state index is -0.396. The van der Waals surface area contributed by atoms with Gasteiger partial charge in [0, 0.05) is 12.5 Å². The Hall–Kier alpha value is -3.56. The van der Waals surface area contributed by atoms with Crippen molar-refractivity contribution in [1.29, 1.82) is 0 Å². The van der Waals surface area contributed by atoms with E-state index in [1.54, 1.807) is 24.3 Å². The third-order valence-electron chi connectivity index (χ3n) is 4.03. The van der Waals surface area contributed by atoms with E-state index in [1.165, 1.54) is 13.2 Å². The number of carbonyl (C=O) groups excluding carboxylic acids is 3. The van der Waals surface area contributed by atoms with E-state index < -0.39 is 5.91 Å². The lowest BCUT2D eigenvalue weighted by Gasteiger charge is -2.00. The first-order valence-corrected chi connectivity index (χ1v) is 10.5. The van der Waals surface area contributed by atoms with Crippen LogP contribution in [0.2, 0.25) is 0 Å². The van der Waals surface area contributed by atoms with E-state index in [0.29, 0.717) is 25.6 Å². The molecule has 4 rings (SSSR count). The summed E-state index contributed by atoms with van der Waals surface area (Å²) in [6.07, 6.45) is 1.41. The van der Waals surface area contributed by atoms with Gasteiger partial charge >= 0.3 is 0 Å². The van der Waals surface area contributed by atoms with Crippen LogP contribution in [-0.4, -0.2) is 22.6 Å². The van der Waals surface area contributed by atoms with Crippen LogP contribution in [0.25, 0.3) is 11.3 Å². The number of carbonyl (C=O) groups is 3. The lowest BCUT2D eigenvalue weighted by molar-refractivity contribution is 0.0993. The molecule has 2 amide bonds. The summed E-state index contributed by atoms with van der Waals surface area (Å²) in [5, 5.41) is 6.26. The van der Waals surface area contributed by atoms with Crippen molar-refractivity contribution >= 4 is 50.4 Å². The fourth-order valence-electron chi connectivity index (χ4n) is 2.67. The lowest BCUT2D eigenvalue weighted by atomic mass is 10.1. The molecule has 0 bridgehead atoms. The van der Waals surface area contributed by atoms with Crippen LogP contribution in [0.4, 0.5) is 10.1 Å². The number of nitrogens with one attached hydrogen (secondary N) is 2. The van der Waals surface area contributed by atoms with Crippen molar-refractivity contribution in [1.82, 2.24) is 4.98 Å². The van der Waals surface area contributed by atoms with Crippen LogP contribution in [0.5, 0.6) is 0 Å². The Morgan fingerprint density at radius 1 is 0.900 bits per heavy atom. The van der Waals surface area contributed by atoms with Gasteiger partial charge in [0.25, 0.3) is 11.8 Å². The molecule has 30 heavy (non-hydrogen) atoms. The van der Waals surface area contributed by atoms with Gasteiger partial charge in [-0.15, -0.1) is 11.3 Å². The Morgan fingerprint density at radius 2 is 1.70 bits per heavy atom. The molecule has 0 radical (unpaired) electrons. The number of thiophene rings is 1. The van der Waals surface area contributed by atoms with Crippen molar-refractivity contribution in [2.45, 2.75) is 6.92 Å². The number of hydrogen-bond acceptors (Lipinski definition) is 7. The first kappa shape index (κ1) is 19.7. The molecule has 0 aliphatic heterocycles. The summed E-state index contributed by atoms with van der Waals surface area (Å²) in [7, 11) is 0. The van der Waals surface area contributed by atoms with Crippen LogP contribution in [0.1, 0.15) is 36.8 Å². The Morgan fingerprint density at radius 3 is 2.40 bits per heavy atom. The molecule has 0 unspecified atom stereocenters. The molecular formula is C21H15N3O4S2. The van der Waals surface area contributed by atoms with Crippen LogP contribution in [0, 0.1) is 0 Å². The Balaban J connectivity index is 1.50. The average Bonchev–Trinajstić information content (AvgIpc) is 3.49. The number of benzene rings is 1. The number of Topliss-reactive ketones (excluding diaryl/α,β-unsaturated/α-hetero) is 1. The second kappa shape index (κ2) is 8.44. The summed E-state index contributed by atoms with van der Waals surface area (Å²) in [5.41, 5.74) is 1.35. The van der Waals surface area contributed by atoms with Crippen LogP contribution in [0.15, 0.2) is 65.3 Å². The van der Waals surface area contributed by atoms with E-state index in [4.69, 9.17) is 4.42 Å². The smallest absolute Gasteiger partial charge is 0.291 e. The van der Waals surface area contributed by atoms with Gasteiger partial charge in [0.1, 0.15) is 0 Å². The average molecular weight is 438 g/mol. The monoisotopic (exact) mass is 437 g/mol. The summed E-state index contributed by atoms with van der Waals surface area (Å²) >= 11 is 2.25. The second-order valence-corrected chi connectivity index (χ2v) is 8.25. The molecule has 3 aromatic heterocycles. The molecule has 1 aromatic carbocycles. The number of hydrogen-bond donors (Lipinski definition) is 2. The molecule has 2 N–H and O–H groups in total. The molecule has 9 heteroatoms. The second-order valence-electron chi connectivity index (χ2n) is 6.17. The quantitative estimate of drug-likeness (QED) is 0.405. The molecule has 7 nitrogen and oxygen atoms in total. The minimum Gasteiger partial charge on any atom is -0.459 e. The van der Waals surface area contributed by atoms with E-state index in [1.807, 2.05) is 30.3 Å². The fraction of sp³-hybridized carbons (Fsp3) is 0.0476. The predicted molar refractivity (Wildman–Crippen MR) is 116 cm³/mol. The molecule has 3 heterocycles. The van der Waals surface area contributed by atoms with Crippen LogP contribution in [0.3, 0.4) is 0 Å². The number of amides is 2. The molecule has 150 valence electrons. The zero-order chi connectivity index (χ0) is 21.1. The summed E-state index contributed by atoms with van der Waals surface area (Å²) < 4.78 is 5.05. The Kier molecular flexibility index (Phi) is 5.55. The maximum Gasteiger partial charge on any atom is 0.291 e. The van der Waals surface area contributed by atoms with E-state index in [-0.39, 0.29) is 17.5 Å². The highest BCUT2D eigenvalue weighted by Crippen LogP contribution is 2.32. The van der Waals surface area contributed by atoms with Crippen molar-refractivity contribution in [3.05, 3.63) is 76.4 Å². The third kappa shape index (κ3) is 4.22. The maximum atomic E-state index is 12.6. The summed E-state index contributed by atoms with van der Waals surface area (Å²) in [5.74, 6) is -0.706. The normalized spacial score (nSPS) is 10.6. The summed E-state index contributed by atoms with van der Waals surface area (Å²) in [6.45, 7) is 1.47. The number of furan rings is 1.